The number of hydrogen-bond acceptors (Lipinski definition) is 1. The van der Waals surface area contributed by atoms with Crippen molar-refractivity contribution in [1.29, 1.82) is 0 Å². The Morgan fingerprint density at radius 1 is 1.62 bits per heavy atom. The first-order valence-corrected chi connectivity index (χ1v) is 4.16. The third-order valence-corrected chi connectivity index (χ3v) is 2.30. The molecule has 0 aromatic rings. The molecule has 0 amide bonds. The van der Waals surface area contributed by atoms with Gasteiger partial charge in [-0.1, -0.05) is 36.2 Å². The van der Waals surface area contributed by atoms with Gasteiger partial charge in [0.1, 0.15) is 0 Å². The molecule has 0 aromatic heterocycles. The summed E-state index contributed by atoms with van der Waals surface area (Å²) < 4.78 is 0. The molecule has 0 aliphatic carbocycles. The molecule has 0 rings (SSSR count). The summed E-state index contributed by atoms with van der Waals surface area (Å²) in [4.78, 5) is 0. The average Bonchev–Trinajstić information content (AvgIpc) is 1.84. The van der Waals surface area contributed by atoms with Gasteiger partial charge in [0, 0.05) is 11.4 Å². The second-order valence-corrected chi connectivity index (χ2v) is 2.85. The summed E-state index contributed by atoms with van der Waals surface area (Å²) >= 11 is 3.33. The van der Waals surface area contributed by atoms with Crippen molar-refractivity contribution in [1.82, 2.24) is 0 Å². The van der Waals surface area contributed by atoms with Crippen LogP contribution in [0.1, 0.15) is 20.3 Å². The Morgan fingerprint density at radius 3 is 2.25 bits per heavy atom. The molecule has 0 fully saturated rings. The molecule has 50 valence electrons. The maximum absolute atomic E-state index is 5.68. The van der Waals surface area contributed by atoms with E-state index in [0.29, 0.717) is 12.0 Å². The minimum Gasteiger partial charge on any atom is -0.327 e. The van der Waals surface area contributed by atoms with Gasteiger partial charge in [0.05, 0.1) is 0 Å². The molecular formula is C6H14BrN. The Balaban J connectivity index is 3.29. The molecule has 0 saturated carbocycles. The van der Waals surface area contributed by atoms with Crippen LogP contribution in [0.15, 0.2) is 0 Å². The summed E-state index contributed by atoms with van der Waals surface area (Å²) in [5, 5.41) is 0.919. The first kappa shape index (κ1) is 8.44. The SMILES string of the molecule is CC[C@@H](C)[C@H](N)CBr. The zero-order valence-electron chi connectivity index (χ0n) is 5.52. The summed E-state index contributed by atoms with van der Waals surface area (Å²) in [6.45, 7) is 4.33. The van der Waals surface area contributed by atoms with Crippen molar-refractivity contribution >= 4 is 15.9 Å². The van der Waals surface area contributed by atoms with E-state index in [-0.39, 0.29) is 0 Å². The van der Waals surface area contributed by atoms with Gasteiger partial charge in [-0.05, 0) is 5.92 Å². The van der Waals surface area contributed by atoms with Gasteiger partial charge in [-0.25, -0.2) is 0 Å². The lowest BCUT2D eigenvalue weighted by atomic mass is 10.0. The number of nitrogens with two attached hydrogens (primary N) is 1. The van der Waals surface area contributed by atoms with Crippen LogP contribution in [0.2, 0.25) is 0 Å². The van der Waals surface area contributed by atoms with Crippen LogP contribution in [0, 0.1) is 5.92 Å². The van der Waals surface area contributed by atoms with Crippen LogP contribution in [0.5, 0.6) is 0 Å². The highest BCUT2D eigenvalue weighted by atomic mass is 79.9. The molecule has 0 heterocycles. The van der Waals surface area contributed by atoms with E-state index < -0.39 is 0 Å². The van der Waals surface area contributed by atoms with Gasteiger partial charge in [0.15, 0.2) is 0 Å². The number of rotatable bonds is 3. The van der Waals surface area contributed by atoms with Gasteiger partial charge in [-0.15, -0.1) is 0 Å². The van der Waals surface area contributed by atoms with E-state index >= 15 is 0 Å². The standard InChI is InChI=1S/C6H14BrN/c1-3-5(2)6(8)4-7/h5-6H,3-4,8H2,1-2H3/t5-,6-/m1/s1. The van der Waals surface area contributed by atoms with Crippen molar-refractivity contribution in [3.63, 3.8) is 0 Å². The smallest absolute Gasteiger partial charge is 0.0186 e. The minimum absolute atomic E-state index is 0.333. The molecular weight excluding hydrogens is 166 g/mol. The Kier molecular flexibility index (Phi) is 4.57. The normalized spacial score (nSPS) is 18.0. The highest BCUT2D eigenvalue weighted by molar-refractivity contribution is 9.09. The van der Waals surface area contributed by atoms with Crippen molar-refractivity contribution < 1.29 is 0 Å². The van der Waals surface area contributed by atoms with Crippen LogP contribution in [-0.4, -0.2) is 11.4 Å². The van der Waals surface area contributed by atoms with E-state index in [2.05, 4.69) is 29.8 Å². The predicted molar refractivity (Wildman–Crippen MR) is 41.2 cm³/mol. The third-order valence-electron chi connectivity index (χ3n) is 1.55. The second-order valence-electron chi connectivity index (χ2n) is 2.20. The van der Waals surface area contributed by atoms with E-state index in [1.54, 1.807) is 0 Å². The Hall–Kier alpha value is 0.440. The molecule has 0 aliphatic heterocycles. The summed E-state index contributed by atoms with van der Waals surface area (Å²) in [5.74, 6) is 0.648. The lowest BCUT2D eigenvalue weighted by Crippen LogP contribution is -2.29. The van der Waals surface area contributed by atoms with Gasteiger partial charge >= 0.3 is 0 Å². The fourth-order valence-corrected chi connectivity index (χ4v) is 1.09. The summed E-state index contributed by atoms with van der Waals surface area (Å²) in [5.41, 5.74) is 5.68. The Bertz CT molecular complexity index is 48.5. The summed E-state index contributed by atoms with van der Waals surface area (Å²) in [6.07, 6.45) is 1.17. The molecule has 2 atom stereocenters. The second kappa shape index (κ2) is 4.33. The van der Waals surface area contributed by atoms with Crippen LogP contribution in [-0.2, 0) is 0 Å². The molecule has 2 heteroatoms. The lowest BCUT2D eigenvalue weighted by molar-refractivity contribution is 0.477. The van der Waals surface area contributed by atoms with Crippen LogP contribution < -0.4 is 5.73 Å². The Morgan fingerprint density at radius 2 is 2.12 bits per heavy atom. The quantitative estimate of drug-likeness (QED) is 0.658. The van der Waals surface area contributed by atoms with Crippen LogP contribution in [0.3, 0.4) is 0 Å². The van der Waals surface area contributed by atoms with Gasteiger partial charge in [0.2, 0.25) is 0 Å². The number of hydrogen-bond donors (Lipinski definition) is 1. The maximum atomic E-state index is 5.68. The fourth-order valence-electron chi connectivity index (χ4n) is 0.455. The minimum atomic E-state index is 0.333. The number of halogens is 1. The van der Waals surface area contributed by atoms with E-state index in [4.69, 9.17) is 5.73 Å². The molecule has 0 aliphatic rings. The molecule has 0 radical (unpaired) electrons. The van der Waals surface area contributed by atoms with Crippen LogP contribution in [0.4, 0.5) is 0 Å². The molecule has 0 aromatic carbocycles. The van der Waals surface area contributed by atoms with E-state index in [1.165, 1.54) is 6.42 Å². The lowest BCUT2D eigenvalue weighted by Gasteiger charge is -2.13. The van der Waals surface area contributed by atoms with E-state index in [0.717, 1.165) is 5.33 Å². The zero-order valence-corrected chi connectivity index (χ0v) is 7.11. The fraction of sp³-hybridized carbons (Fsp3) is 1.00. The van der Waals surface area contributed by atoms with E-state index in [9.17, 15) is 0 Å². The van der Waals surface area contributed by atoms with Gasteiger partial charge in [-0.3, -0.25) is 0 Å². The molecule has 0 saturated heterocycles. The summed E-state index contributed by atoms with van der Waals surface area (Å²) in [7, 11) is 0. The van der Waals surface area contributed by atoms with Crippen molar-refractivity contribution in [3.8, 4) is 0 Å². The molecule has 2 N–H and O–H groups in total. The molecule has 0 bridgehead atoms. The molecule has 1 nitrogen and oxygen atoms in total. The highest BCUT2D eigenvalue weighted by Crippen LogP contribution is 2.06. The van der Waals surface area contributed by atoms with Crippen molar-refractivity contribution in [2.75, 3.05) is 5.33 Å². The Labute approximate surface area is 59.8 Å². The third kappa shape index (κ3) is 2.68. The van der Waals surface area contributed by atoms with Gasteiger partial charge in [-0.2, -0.15) is 0 Å². The monoisotopic (exact) mass is 179 g/mol. The predicted octanol–water partition coefficient (Wildman–Crippen LogP) is 1.75. The topological polar surface area (TPSA) is 26.0 Å². The van der Waals surface area contributed by atoms with Crippen molar-refractivity contribution in [3.05, 3.63) is 0 Å². The first-order chi connectivity index (χ1) is 3.72. The van der Waals surface area contributed by atoms with E-state index in [1.807, 2.05) is 0 Å². The average molecular weight is 180 g/mol. The summed E-state index contributed by atoms with van der Waals surface area (Å²) in [6, 6.07) is 0.333. The molecule has 8 heavy (non-hydrogen) atoms. The number of alkyl halides is 1. The van der Waals surface area contributed by atoms with Crippen molar-refractivity contribution in [2.24, 2.45) is 11.7 Å². The van der Waals surface area contributed by atoms with Crippen LogP contribution >= 0.6 is 15.9 Å². The zero-order chi connectivity index (χ0) is 6.57. The highest BCUT2D eigenvalue weighted by Gasteiger charge is 2.06. The maximum Gasteiger partial charge on any atom is 0.0186 e. The van der Waals surface area contributed by atoms with Gasteiger partial charge in [0.25, 0.3) is 0 Å². The largest absolute Gasteiger partial charge is 0.327 e. The van der Waals surface area contributed by atoms with Gasteiger partial charge < -0.3 is 5.73 Å². The van der Waals surface area contributed by atoms with Crippen LogP contribution in [0.25, 0.3) is 0 Å². The van der Waals surface area contributed by atoms with Crippen molar-refractivity contribution in [2.45, 2.75) is 26.3 Å². The molecule has 0 spiro atoms. The first-order valence-electron chi connectivity index (χ1n) is 3.03. The molecule has 0 unspecified atom stereocenters.